The van der Waals surface area contributed by atoms with E-state index >= 15 is 0 Å². The summed E-state index contributed by atoms with van der Waals surface area (Å²) < 4.78 is 22.0. The summed E-state index contributed by atoms with van der Waals surface area (Å²) in [6.45, 7) is 0.464. The van der Waals surface area contributed by atoms with Crippen molar-refractivity contribution in [1.82, 2.24) is 4.57 Å². The highest BCUT2D eigenvalue weighted by molar-refractivity contribution is 6.17. The number of hydrogen-bond acceptors (Lipinski definition) is 2. The van der Waals surface area contributed by atoms with Crippen molar-refractivity contribution in [3.63, 3.8) is 0 Å². The summed E-state index contributed by atoms with van der Waals surface area (Å²) in [5.41, 5.74) is 8.41. The van der Waals surface area contributed by atoms with Gasteiger partial charge in [0.2, 0.25) is 5.91 Å². The van der Waals surface area contributed by atoms with Crippen LogP contribution in [0.2, 0.25) is 0 Å². The van der Waals surface area contributed by atoms with Crippen LogP contribution in [0.4, 0.5) is 4.39 Å². The van der Waals surface area contributed by atoms with Crippen LogP contribution in [-0.4, -0.2) is 10.5 Å². The second kappa shape index (κ2) is 7.61. The van der Waals surface area contributed by atoms with Crippen LogP contribution < -0.4 is 10.5 Å². The number of fused-ring (bicyclic) bond motifs is 3. The van der Waals surface area contributed by atoms with Crippen molar-refractivity contribution in [3.8, 4) is 11.5 Å². The van der Waals surface area contributed by atoms with Crippen molar-refractivity contribution in [3.05, 3.63) is 108 Å². The van der Waals surface area contributed by atoms with E-state index in [1.807, 2.05) is 65.2 Å². The first-order chi connectivity index (χ1) is 15.1. The molecule has 0 aliphatic carbocycles. The number of ether oxygens (including phenoxy) is 1. The molecule has 1 heterocycles. The van der Waals surface area contributed by atoms with Crippen LogP contribution in [0.15, 0.2) is 84.9 Å². The standard InChI is InChI=1S/C26H18FN2O2/c27-18-12-13-21-24(15-18)29(23-11-5-10-22(25(21)23)26(28)30)16-17-6-4-9-20(14-17)31-19-7-2-1-3-8-19/h1-12,14-15H,16H2,(H2,28,30). The normalized spacial score (nSPS) is 11.1. The van der Waals surface area contributed by atoms with Crippen LogP contribution in [0, 0.1) is 11.9 Å². The van der Waals surface area contributed by atoms with Crippen LogP contribution in [0.1, 0.15) is 15.9 Å². The zero-order valence-electron chi connectivity index (χ0n) is 16.5. The van der Waals surface area contributed by atoms with Gasteiger partial charge in [-0.2, -0.15) is 0 Å². The fraction of sp³-hybridized carbons (Fsp3) is 0.0385. The van der Waals surface area contributed by atoms with Crippen LogP contribution in [0.25, 0.3) is 21.8 Å². The molecule has 2 N–H and O–H groups in total. The Bertz CT molecular complexity index is 1420. The van der Waals surface area contributed by atoms with Crippen molar-refractivity contribution < 1.29 is 13.9 Å². The van der Waals surface area contributed by atoms with Crippen LogP contribution in [0.5, 0.6) is 11.5 Å². The maximum absolute atomic E-state index is 14.1. The zero-order valence-corrected chi connectivity index (χ0v) is 16.5. The molecule has 4 aromatic carbocycles. The quantitative estimate of drug-likeness (QED) is 0.406. The average molecular weight is 409 g/mol. The molecule has 0 unspecified atom stereocenters. The molecule has 0 saturated heterocycles. The lowest BCUT2D eigenvalue weighted by molar-refractivity contribution is 0.100. The summed E-state index contributed by atoms with van der Waals surface area (Å²) in [4.78, 5) is 12.0. The third-order valence-corrected chi connectivity index (χ3v) is 5.24. The first kappa shape index (κ1) is 18.9. The molecule has 1 amide bonds. The first-order valence-electron chi connectivity index (χ1n) is 9.84. The zero-order chi connectivity index (χ0) is 21.4. The minimum absolute atomic E-state index is 0.390. The van der Waals surface area contributed by atoms with E-state index in [1.165, 1.54) is 12.1 Å². The second-order valence-electron chi connectivity index (χ2n) is 7.29. The van der Waals surface area contributed by atoms with Crippen molar-refractivity contribution >= 4 is 27.7 Å². The van der Waals surface area contributed by atoms with Gasteiger partial charge in [-0.3, -0.25) is 4.79 Å². The lowest BCUT2D eigenvalue weighted by atomic mass is 10.1. The molecule has 0 fully saturated rings. The number of primary amides is 1. The Hall–Kier alpha value is -4.12. The molecule has 0 bridgehead atoms. The van der Waals surface area contributed by atoms with E-state index < -0.39 is 11.7 Å². The fourth-order valence-electron chi connectivity index (χ4n) is 3.92. The van der Waals surface area contributed by atoms with Gasteiger partial charge in [0.25, 0.3) is 0 Å². The molecular formula is C26H18FN2O2. The van der Waals surface area contributed by atoms with Crippen LogP contribution in [0.3, 0.4) is 0 Å². The predicted molar refractivity (Wildman–Crippen MR) is 119 cm³/mol. The number of carbonyl (C=O) groups is 1. The third-order valence-electron chi connectivity index (χ3n) is 5.24. The summed E-state index contributed by atoms with van der Waals surface area (Å²) >= 11 is 0. The molecule has 0 saturated carbocycles. The van der Waals surface area contributed by atoms with Gasteiger partial charge in [-0.25, -0.2) is 4.39 Å². The van der Waals surface area contributed by atoms with Gasteiger partial charge >= 0.3 is 0 Å². The lowest BCUT2D eigenvalue weighted by Crippen LogP contribution is -2.11. The summed E-state index contributed by atoms with van der Waals surface area (Å²) in [5, 5.41) is 1.35. The highest BCUT2D eigenvalue weighted by Crippen LogP contribution is 2.33. The van der Waals surface area contributed by atoms with Gasteiger partial charge < -0.3 is 15.0 Å². The van der Waals surface area contributed by atoms with Gasteiger partial charge in [-0.1, -0.05) is 36.4 Å². The maximum atomic E-state index is 14.1. The van der Waals surface area contributed by atoms with Gasteiger partial charge in [0.1, 0.15) is 17.3 Å². The molecule has 151 valence electrons. The molecule has 4 nitrogen and oxygen atoms in total. The molecule has 5 heteroatoms. The number of rotatable bonds is 5. The van der Waals surface area contributed by atoms with E-state index in [0.29, 0.717) is 34.1 Å². The van der Waals surface area contributed by atoms with Gasteiger partial charge in [0.05, 0.1) is 11.0 Å². The number of nitrogens with zero attached hydrogens (tertiary/aromatic N) is 1. The highest BCUT2D eigenvalue weighted by atomic mass is 19.1. The Morgan fingerprint density at radius 2 is 1.71 bits per heavy atom. The second-order valence-corrected chi connectivity index (χ2v) is 7.29. The van der Waals surface area contributed by atoms with E-state index in [9.17, 15) is 9.18 Å². The molecule has 5 aromatic rings. The molecule has 0 spiro atoms. The van der Waals surface area contributed by atoms with E-state index in [-0.39, 0.29) is 0 Å². The number of benzene rings is 4. The topological polar surface area (TPSA) is 57.2 Å². The van der Waals surface area contributed by atoms with E-state index in [2.05, 4.69) is 6.07 Å². The number of carbonyl (C=O) groups excluding carboxylic acids is 1. The van der Waals surface area contributed by atoms with Crippen molar-refractivity contribution in [2.24, 2.45) is 5.73 Å². The number of halogens is 1. The monoisotopic (exact) mass is 409 g/mol. The Morgan fingerprint density at radius 1 is 0.935 bits per heavy atom. The van der Waals surface area contributed by atoms with Crippen molar-refractivity contribution in [2.75, 3.05) is 0 Å². The third kappa shape index (κ3) is 3.51. The molecule has 0 aliphatic heterocycles. The summed E-state index contributed by atoms with van der Waals surface area (Å²) in [5.74, 6) is 0.540. The van der Waals surface area contributed by atoms with Crippen LogP contribution in [-0.2, 0) is 6.54 Å². The molecule has 1 radical (unpaired) electrons. The smallest absolute Gasteiger partial charge is 0.249 e. The Balaban J connectivity index is 1.62. The number of para-hydroxylation sites is 1. The number of aromatic nitrogens is 1. The fourth-order valence-corrected chi connectivity index (χ4v) is 3.92. The van der Waals surface area contributed by atoms with E-state index in [1.54, 1.807) is 12.1 Å². The van der Waals surface area contributed by atoms with E-state index in [4.69, 9.17) is 10.5 Å². The van der Waals surface area contributed by atoms with Gasteiger partial charge in [-0.05, 0) is 60.2 Å². The summed E-state index contributed by atoms with van der Waals surface area (Å²) in [7, 11) is 0. The number of amides is 1. The van der Waals surface area contributed by atoms with Gasteiger partial charge in [0, 0.05) is 22.9 Å². The summed E-state index contributed by atoms with van der Waals surface area (Å²) in [6, 6.07) is 28.4. The Morgan fingerprint density at radius 3 is 2.52 bits per heavy atom. The Labute approximate surface area is 178 Å². The first-order valence-corrected chi connectivity index (χ1v) is 9.84. The summed E-state index contributed by atoms with van der Waals surface area (Å²) in [6.07, 6.45) is 0. The predicted octanol–water partition coefficient (Wildman–Crippen LogP) is 5.67. The van der Waals surface area contributed by atoms with E-state index in [0.717, 1.165) is 16.8 Å². The average Bonchev–Trinajstić information content (AvgIpc) is 3.07. The number of nitrogens with two attached hydrogens (primary N) is 1. The lowest BCUT2D eigenvalue weighted by Gasteiger charge is -2.11. The molecule has 0 aliphatic rings. The maximum Gasteiger partial charge on any atom is 0.249 e. The molecule has 5 rings (SSSR count). The van der Waals surface area contributed by atoms with Crippen molar-refractivity contribution in [1.29, 1.82) is 0 Å². The minimum atomic E-state index is -0.527. The molecule has 0 atom stereocenters. The minimum Gasteiger partial charge on any atom is -0.457 e. The molecular weight excluding hydrogens is 391 g/mol. The molecule has 31 heavy (non-hydrogen) atoms. The highest BCUT2D eigenvalue weighted by Gasteiger charge is 2.17. The van der Waals surface area contributed by atoms with Crippen molar-refractivity contribution in [2.45, 2.75) is 6.54 Å². The largest absolute Gasteiger partial charge is 0.457 e. The Kier molecular flexibility index (Phi) is 4.64. The van der Waals surface area contributed by atoms with Crippen LogP contribution >= 0.6 is 0 Å². The number of hydrogen-bond donors (Lipinski definition) is 1. The van der Waals surface area contributed by atoms with Gasteiger partial charge in [0.15, 0.2) is 0 Å². The molecule has 1 aromatic heterocycles. The SMILES string of the molecule is NC(=O)c1cccc2c1c1[c]cc(F)cc1n2Cc1cccc(Oc2ccccc2)c1. The van der Waals surface area contributed by atoms with Gasteiger partial charge in [-0.15, -0.1) is 0 Å².